The van der Waals surface area contributed by atoms with Crippen LogP contribution in [0.5, 0.6) is 0 Å². The number of halogens is 2. The molecule has 1 saturated heterocycles. The van der Waals surface area contributed by atoms with Gasteiger partial charge < -0.3 is 15.0 Å². The minimum absolute atomic E-state index is 0.00915. The molecule has 5 nitrogen and oxygen atoms in total. The maximum Gasteiger partial charge on any atom is 0.251 e. The number of piperidine rings is 1. The molecule has 1 N–H and O–H groups in total. The summed E-state index contributed by atoms with van der Waals surface area (Å²) in [5.74, 6) is -3.04. The number of amides is 2. The molecule has 2 amide bonds. The Hall–Kier alpha value is -1.24. The predicted octanol–water partition coefficient (Wildman–Crippen LogP) is 3.37. The fourth-order valence-electron chi connectivity index (χ4n) is 3.69. The van der Waals surface area contributed by atoms with Crippen molar-refractivity contribution >= 4 is 11.8 Å². The molecule has 0 aromatic rings. The monoisotopic (exact) mass is 388 g/mol. The van der Waals surface area contributed by atoms with Crippen molar-refractivity contribution in [3.63, 3.8) is 0 Å². The maximum absolute atomic E-state index is 13.4. The normalized spacial score (nSPS) is 23.1. The fourth-order valence-corrected chi connectivity index (χ4v) is 3.69. The van der Waals surface area contributed by atoms with Crippen molar-refractivity contribution in [3.05, 3.63) is 0 Å². The number of ether oxygens (including phenoxy) is 1. The number of nitrogens with zero attached hydrogens (tertiary/aromatic N) is 1. The van der Waals surface area contributed by atoms with Crippen LogP contribution in [0.1, 0.15) is 65.7 Å². The van der Waals surface area contributed by atoms with Crippen molar-refractivity contribution in [1.82, 2.24) is 10.2 Å². The summed E-state index contributed by atoms with van der Waals surface area (Å²) in [6.07, 6.45) is 4.77. The van der Waals surface area contributed by atoms with Gasteiger partial charge in [-0.3, -0.25) is 9.59 Å². The summed E-state index contributed by atoms with van der Waals surface area (Å²) in [7, 11) is 0. The van der Waals surface area contributed by atoms with Crippen LogP contribution >= 0.6 is 0 Å². The Morgan fingerprint density at radius 2 is 1.70 bits per heavy atom. The number of carbonyl (C=O) groups is 2. The topological polar surface area (TPSA) is 58.6 Å². The highest BCUT2D eigenvalue weighted by molar-refractivity contribution is 5.88. The van der Waals surface area contributed by atoms with Crippen molar-refractivity contribution in [2.45, 2.75) is 83.8 Å². The van der Waals surface area contributed by atoms with Crippen molar-refractivity contribution in [1.29, 1.82) is 0 Å². The summed E-state index contributed by atoms with van der Waals surface area (Å²) >= 11 is 0. The number of carbonyl (C=O) groups excluding carboxylic acids is 2. The zero-order valence-electron chi connectivity index (χ0n) is 16.8. The van der Waals surface area contributed by atoms with E-state index in [9.17, 15) is 18.4 Å². The van der Waals surface area contributed by atoms with E-state index in [0.29, 0.717) is 12.5 Å². The van der Waals surface area contributed by atoms with Crippen LogP contribution in [0, 0.1) is 11.8 Å². The Bertz CT molecular complexity index is 497. The second kappa shape index (κ2) is 9.80. The van der Waals surface area contributed by atoms with Gasteiger partial charge in [0.2, 0.25) is 11.8 Å². The lowest BCUT2D eigenvalue weighted by atomic mass is 9.90. The molecule has 2 rings (SSSR count). The number of likely N-dealkylation sites (tertiary alicyclic amines) is 1. The first-order valence-electron chi connectivity index (χ1n) is 10.3. The number of nitrogens with one attached hydrogen (secondary N) is 1. The van der Waals surface area contributed by atoms with Crippen molar-refractivity contribution in [3.8, 4) is 0 Å². The summed E-state index contributed by atoms with van der Waals surface area (Å²) in [6, 6.07) is -0.838. The van der Waals surface area contributed by atoms with E-state index < -0.39 is 18.1 Å². The lowest BCUT2D eigenvalue weighted by Crippen LogP contribution is -2.57. The summed E-state index contributed by atoms with van der Waals surface area (Å²) in [5.41, 5.74) is 0. The molecule has 0 aromatic carbocycles. The van der Waals surface area contributed by atoms with Crippen LogP contribution in [-0.2, 0) is 14.3 Å². The third-order valence-electron chi connectivity index (χ3n) is 5.68. The molecule has 156 valence electrons. The van der Waals surface area contributed by atoms with Crippen LogP contribution in [0.4, 0.5) is 8.78 Å². The van der Waals surface area contributed by atoms with Gasteiger partial charge in [-0.05, 0) is 25.7 Å². The average Bonchev–Trinajstić information content (AvgIpc) is 2.64. The van der Waals surface area contributed by atoms with Crippen molar-refractivity contribution < 1.29 is 23.1 Å². The summed E-state index contributed by atoms with van der Waals surface area (Å²) < 4.78 is 32.8. The molecular formula is C20H34F2N2O3. The minimum Gasteiger partial charge on any atom is -0.376 e. The van der Waals surface area contributed by atoms with Crippen LogP contribution < -0.4 is 5.32 Å². The summed E-state index contributed by atoms with van der Waals surface area (Å²) in [5, 5.41) is 2.78. The second-order valence-electron chi connectivity index (χ2n) is 8.36. The first-order chi connectivity index (χ1) is 12.7. The summed E-state index contributed by atoms with van der Waals surface area (Å²) in [6.45, 7) is 5.88. The highest BCUT2D eigenvalue weighted by Crippen LogP contribution is 2.28. The molecule has 2 fully saturated rings. The largest absolute Gasteiger partial charge is 0.376 e. The molecule has 0 spiro atoms. The molecule has 0 bridgehead atoms. The van der Waals surface area contributed by atoms with E-state index in [1.165, 1.54) is 24.2 Å². The fraction of sp³-hybridized carbons (Fsp3) is 0.900. The third-order valence-corrected chi connectivity index (χ3v) is 5.68. The van der Waals surface area contributed by atoms with Crippen molar-refractivity contribution in [2.24, 2.45) is 11.8 Å². The van der Waals surface area contributed by atoms with Crippen molar-refractivity contribution in [2.75, 3.05) is 19.7 Å². The van der Waals surface area contributed by atoms with Crippen LogP contribution in [0.15, 0.2) is 0 Å². The molecule has 2 atom stereocenters. The van der Waals surface area contributed by atoms with Crippen LogP contribution in [0.25, 0.3) is 0 Å². The lowest BCUT2D eigenvalue weighted by molar-refractivity contribution is -0.146. The molecular weight excluding hydrogens is 354 g/mol. The quantitative estimate of drug-likeness (QED) is 0.727. The van der Waals surface area contributed by atoms with Crippen LogP contribution in [0.2, 0.25) is 0 Å². The van der Waals surface area contributed by atoms with E-state index in [4.69, 9.17) is 4.74 Å². The highest BCUT2D eigenvalue weighted by Gasteiger charge is 2.39. The van der Waals surface area contributed by atoms with E-state index in [2.05, 4.69) is 5.32 Å². The van der Waals surface area contributed by atoms with Gasteiger partial charge in [0.15, 0.2) is 0 Å². The zero-order valence-corrected chi connectivity index (χ0v) is 16.8. The Labute approximate surface area is 161 Å². The highest BCUT2D eigenvalue weighted by atomic mass is 19.3. The molecule has 27 heavy (non-hydrogen) atoms. The van der Waals surface area contributed by atoms with Gasteiger partial charge in [-0.25, -0.2) is 8.78 Å². The SMILES string of the molecule is CC(C)C(=O)NC(C(=O)N1CCC(F)(F)CC1)C(C)OCC1CCCCC1. The molecule has 1 heterocycles. The van der Waals surface area contributed by atoms with Gasteiger partial charge in [0, 0.05) is 38.5 Å². The maximum atomic E-state index is 13.4. The van der Waals surface area contributed by atoms with Gasteiger partial charge in [0.1, 0.15) is 6.04 Å². The van der Waals surface area contributed by atoms with E-state index in [1.807, 2.05) is 0 Å². The van der Waals surface area contributed by atoms with Gasteiger partial charge in [0.05, 0.1) is 6.10 Å². The van der Waals surface area contributed by atoms with E-state index in [0.717, 1.165) is 12.8 Å². The van der Waals surface area contributed by atoms with Gasteiger partial charge in [-0.2, -0.15) is 0 Å². The molecule has 2 unspecified atom stereocenters. The van der Waals surface area contributed by atoms with E-state index in [1.54, 1.807) is 20.8 Å². The first kappa shape index (κ1) is 22.1. The number of hydrogen-bond donors (Lipinski definition) is 1. The Balaban J connectivity index is 1.98. The van der Waals surface area contributed by atoms with Gasteiger partial charge >= 0.3 is 0 Å². The standard InChI is InChI=1S/C20H34F2N2O3/c1-14(2)18(25)23-17(15(3)27-13-16-7-5-4-6-8-16)19(26)24-11-9-20(21,22)10-12-24/h14-17H,4-13H2,1-3H3,(H,23,25). The molecule has 1 aliphatic carbocycles. The second-order valence-corrected chi connectivity index (χ2v) is 8.36. The van der Waals surface area contributed by atoms with Crippen LogP contribution in [-0.4, -0.2) is 54.5 Å². The zero-order chi connectivity index (χ0) is 20.0. The molecule has 0 aromatic heterocycles. The molecule has 7 heteroatoms. The number of rotatable bonds is 7. The Morgan fingerprint density at radius 1 is 1.11 bits per heavy atom. The lowest BCUT2D eigenvalue weighted by Gasteiger charge is -2.36. The van der Waals surface area contributed by atoms with Gasteiger partial charge in [-0.1, -0.05) is 33.1 Å². The average molecular weight is 388 g/mol. The number of hydrogen-bond acceptors (Lipinski definition) is 3. The summed E-state index contributed by atoms with van der Waals surface area (Å²) in [4.78, 5) is 26.6. The smallest absolute Gasteiger partial charge is 0.251 e. The first-order valence-corrected chi connectivity index (χ1v) is 10.3. The Kier molecular flexibility index (Phi) is 8.01. The molecule has 2 aliphatic rings. The van der Waals surface area contributed by atoms with Gasteiger partial charge in [-0.15, -0.1) is 0 Å². The predicted molar refractivity (Wildman–Crippen MR) is 99.5 cm³/mol. The third kappa shape index (κ3) is 6.70. The molecule has 1 aliphatic heterocycles. The molecule has 1 saturated carbocycles. The van der Waals surface area contributed by atoms with Gasteiger partial charge in [0.25, 0.3) is 5.92 Å². The van der Waals surface area contributed by atoms with E-state index >= 15 is 0 Å². The Morgan fingerprint density at radius 3 is 2.26 bits per heavy atom. The molecule has 0 radical (unpaired) electrons. The number of alkyl halides is 2. The minimum atomic E-state index is -2.71. The van der Waals surface area contributed by atoms with Crippen LogP contribution in [0.3, 0.4) is 0 Å². The van der Waals surface area contributed by atoms with E-state index in [-0.39, 0.29) is 43.7 Å².